The summed E-state index contributed by atoms with van der Waals surface area (Å²) in [4.78, 5) is 26.5. The Kier molecular flexibility index (Phi) is 6.38. The Bertz CT molecular complexity index is 537. The van der Waals surface area contributed by atoms with Gasteiger partial charge < -0.3 is 15.3 Å². The van der Waals surface area contributed by atoms with Gasteiger partial charge in [-0.25, -0.2) is 0 Å². The van der Waals surface area contributed by atoms with E-state index in [4.69, 9.17) is 0 Å². The molecule has 3 aliphatic rings. The maximum Gasteiger partial charge on any atom is 0.223 e. The predicted octanol–water partition coefficient (Wildman–Crippen LogP) is 2.50. The van der Waals surface area contributed by atoms with Crippen LogP contribution in [0.5, 0.6) is 0 Å². The highest BCUT2D eigenvalue weighted by Crippen LogP contribution is 2.43. The van der Waals surface area contributed by atoms with Gasteiger partial charge in [-0.2, -0.15) is 0 Å². The second kappa shape index (κ2) is 8.55. The fraction of sp³-hybridized carbons (Fsp3) is 0.810. The smallest absolute Gasteiger partial charge is 0.223 e. The summed E-state index contributed by atoms with van der Waals surface area (Å²) in [6, 6.07) is 0. The van der Waals surface area contributed by atoms with E-state index in [2.05, 4.69) is 24.4 Å². The minimum Gasteiger partial charge on any atom is -0.396 e. The number of piperidine rings is 1. The fourth-order valence-corrected chi connectivity index (χ4v) is 4.62. The number of nitrogens with zero attached hydrogens (tertiary/aromatic N) is 1. The first-order valence-corrected chi connectivity index (χ1v) is 10.4. The van der Waals surface area contributed by atoms with Gasteiger partial charge in [0.15, 0.2) is 0 Å². The number of nitrogens with one attached hydrogen (secondary N) is 1. The summed E-state index contributed by atoms with van der Waals surface area (Å²) in [7, 11) is 0. The van der Waals surface area contributed by atoms with Crippen molar-refractivity contribution in [1.29, 1.82) is 0 Å². The number of aliphatic hydroxyl groups is 1. The number of rotatable bonds is 8. The Hall–Kier alpha value is -1.36. The summed E-state index contributed by atoms with van der Waals surface area (Å²) in [6.07, 6.45) is 11.8. The molecule has 1 aliphatic heterocycles. The third-order valence-electron chi connectivity index (χ3n) is 6.69. The van der Waals surface area contributed by atoms with Crippen molar-refractivity contribution < 1.29 is 14.7 Å². The standard InChI is InChI=1S/C21H34N2O3/c1-21(15-24)8-11-23(12-9-21)19(25)5-3-2-4-10-22-20(26)18-14-16-6-7-17(18)13-16/h6-7,16-18,24H,2-5,8-15H2,1H3,(H,22,26). The van der Waals surface area contributed by atoms with Crippen LogP contribution in [-0.4, -0.2) is 48.1 Å². The Morgan fingerprint density at radius 2 is 1.92 bits per heavy atom. The van der Waals surface area contributed by atoms with Crippen LogP contribution in [0.25, 0.3) is 0 Å². The van der Waals surface area contributed by atoms with Gasteiger partial charge >= 0.3 is 0 Å². The Balaban J connectivity index is 1.23. The van der Waals surface area contributed by atoms with Crippen LogP contribution >= 0.6 is 0 Å². The molecule has 2 N–H and O–H groups in total. The molecule has 1 heterocycles. The lowest BCUT2D eigenvalue weighted by atomic mass is 9.81. The average Bonchev–Trinajstić information content (AvgIpc) is 3.28. The van der Waals surface area contributed by atoms with E-state index in [0.29, 0.717) is 18.3 Å². The van der Waals surface area contributed by atoms with Gasteiger partial charge in [0, 0.05) is 38.6 Å². The number of likely N-dealkylation sites (tertiary alicyclic amines) is 1. The molecule has 5 nitrogen and oxygen atoms in total. The number of carbonyl (C=O) groups is 2. The Morgan fingerprint density at radius 3 is 2.54 bits per heavy atom. The second-order valence-electron chi connectivity index (χ2n) is 8.84. The van der Waals surface area contributed by atoms with Crippen molar-refractivity contribution in [3.05, 3.63) is 12.2 Å². The third kappa shape index (κ3) is 4.67. The average molecular weight is 363 g/mol. The zero-order chi connectivity index (χ0) is 18.6. The van der Waals surface area contributed by atoms with Gasteiger partial charge in [-0.1, -0.05) is 25.5 Å². The van der Waals surface area contributed by atoms with E-state index >= 15 is 0 Å². The normalized spacial score (nSPS) is 29.2. The van der Waals surface area contributed by atoms with E-state index in [9.17, 15) is 14.7 Å². The molecule has 0 spiro atoms. The van der Waals surface area contributed by atoms with Crippen molar-refractivity contribution in [2.45, 2.75) is 58.3 Å². The zero-order valence-electron chi connectivity index (χ0n) is 16.1. The number of fused-ring (bicyclic) bond motifs is 2. The highest BCUT2D eigenvalue weighted by molar-refractivity contribution is 5.80. The number of aliphatic hydroxyl groups excluding tert-OH is 1. The van der Waals surface area contributed by atoms with E-state index in [1.165, 1.54) is 0 Å². The minimum absolute atomic E-state index is 0.0103. The van der Waals surface area contributed by atoms with Gasteiger partial charge in [-0.15, -0.1) is 0 Å². The van der Waals surface area contributed by atoms with E-state index in [-0.39, 0.29) is 29.8 Å². The summed E-state index contributed by atoms with van der Waals surface area (Å²) in [5, 5.41) is 12.5. The molecular weight excluding hydrogens is 328 g/mol. The van der Waals surface area contributed by atoms with Crippen molar-refractivity contribution in [1.82, 2.24) is 10.2 Å². The molecule has 3 atom stereocenters. The van der Waals surface area contributed by atoms with Crippen LogP contribution in [0.3, 0.4) is 0 Å². The van der Waals surface area contributed by atoms with Gasteiger partial charge in [0.05, 0.1) is 0 Å². The molecule has 2 bridgehead atoms. The lowest BCUT2D eigenvalue weighted by molar-refractivity contribution is -0.134. The van der Waals surface area contributed by atoms with Crippen molar-refractivity contribution in [2.24, 2.45) is 23.2 Å². The topological polar surface area (TPSA) is 69.6 Å². The van der Waals surface area contributed by atoms with Crippen LogP contribution in [0.4, 0.5) is 0 Å². The van der Waals surface area contributed by atoms with Crippen LogP contribution in [0, 0.1) is 23.2 Å². The van der Waals surface area contributed by atoms with E-state index in [1.54, 1.807) is 0 Å². The van der Waals surface area contributed by atoms with Gasteiger partial charge in [-0.3, -0.25) is 9.59 Å². The Labute approximate surface area is 157 Å². The van der Waals surface area contributed by atoms with Crippen molar-refractivity contribution in [3.63, 3.8) is 0 Å². The first-order chi connectivity index (χ1) is 12.5. The first-order valence-electron chi connectivity index (χ1n) is 10.4. The second-order valence-corrected chi connectivity index (χ2v) is 8.84. The summed E-state index contributed by atoms with van der Waals surface area (Å²) >= 11 is 0. The van der Waals surface area contributed by atoms with Crippen molar-refractivity contribution >= 4 is 11.8 Å². The number of hydrogen-bond donors (Lipinski definition) is 2. The molecule has 0 aromatic heterocycles. The molecule has 5 heteroatoms. The fourth-order valence-electron chi connectivity index (χ4n) is 4.62. The number of allylic oxidation sites excluding steroid dienone is 2. The van der Waals surface area contributed by atoms with Gasteiger partial charge in [0.2, 0.25) is 11.8 Å². The molecule has 0 radical (unpaired) electrons. The number of carbonyl (C=O) groups excluding carboxylic acids is 2. The molecule has 3 unspecified atom stereocenters. The summed E-state index contributed by atoms with van der Waals surface area (Å²) in [6.45, 7) is 4.56. The van der Waals surface area contributed by atoms with Crippen molar-refractivity contribution in [3.8, 4) is 0 Å². The van der Waals surface area contributed by atoms with E-state index < -0.39 is 0 Å². The van der Waals surface area contributed by atoms with Crippen molar-refractivity contribution in [2.75, 3.05) is 26.2 Å². The summed E-state index contributed by atoms with van der Waals surface area (Å²) in [5.74, 6) is 1.75. The van der Waals surface area contributed by atoms with Crippen LogP contribution in [-0.2, 0) is 9.59 Å². The third-order valence-corrected chi connectivity index (χ3v) is 6.69. The summed E-state index contributed by atoms with van der Waals surface area (Å²) in [5.41, 5.74) is -0.0103. The van der Waals surface area contributed by atoms with Crippen LogP contribution < -0.4 is 5.32 Å². The Morgan fingerprint density at radius 1 is 1.15 bits per heavy atom. The molecule has 3 rings (SSSR count). The maximum absolute atomic E-state index is 12.3. The molecular formula is C21H34N2O3. The van der Waals surface area contributed by atoms with E-state index in [0.717, 1.165) is 64.6 Å². The number of amides is 2. The van der Waals surface area contributed by atoms with Gasteiger partial charge in [-0.05, 0) is 55.8 Å². The first kappa shape index (κ1) is 19.4. The van der Waals surface area contributed by atoms with Crippen LogP contribution in [0.15, 0.2) is 12.2 Å². The highest BCUT2D eigenvalue weighted by Gasteiger charge is 2.39. The molecule has 2 aliphatic carbocycles. The van der Waals surface area contributed by atoms with Crippen LogP contribution in [0.1, 0.15) is 58.3 Å². The van der Waals surface area contributed by atoms with Gasteiger partial charge in [0.25, 0.3) is 0 Å². The SMILES string of the molecule is CC1(CO)CCN(C(=O)CCCCCNC(=O)C2CC3C=CC2C3)CC1. The maximum atomic E-state index is 12.3. The molecule has 2 amide bonds. The van der Waals surface area contributed by atoms with E-state index in [1.807, 2.05) is 4.90 Å². The monoisotopic (exact) mass is 362 g/mol. The van der Waals surface area contributed by atoms with Crippen LogP contribution in [0.2, 0.25) is 0 Å². The zero-order valence-corrected chi connectivity index (χ0v) is 16.1. The molecule has 146 valence electrons. The van der Waals surface area contributed by atoms with Gasteiger partial charge in [0.1, 0.15) is 0 Å². The highest BCUT2D eigenvalue weighted by atomic mass is 16.3. The molecule has 1 saturated heterocycles. The summed E-state index contributed by atoms with van der Waals surface area (Å²) < 4.78 is 0. The molecule has 26 heavy (non-hydrogen) atoms. The molecule has 1 saturated carbocycles. The lowest BCUT2D eigenvalue weighted by Crippen LogP contribution is -2.43. The quantitative estimate of drug-likeness (QED) is 0.515. The molecule has 0 aromatic rings. The minimum atomic E-state index is -0.0103. The molecule has 2 fully saturated rings. The lowest BCUT2D eigenvalue weighted by Gasteiger charge is -2.38. The molecule has 0 aromatic carbocycles. The number of unbranched alkanes of at least 4 members (excludes halogenated alkanes) is 2. The predicted molar refractivity (Wildman–Crippen MR) is 101 cm³/mol. The largest absolute Gasteiger partial charge is 0.396 e. The number of hydrogen-bond acceptors (Lipinski definition) is 3.